The molecule has 2 rings (SSSR count). The van der Waals surface area contributed by atoms with Crippen LogP contribution in [0.15, 0.2) is 12.2 Å². The van der Waals surface area contributed by atoms with Crippen molar-refractivity contribution in [1.29, 1.82) is 0 Å². The minimum absolute atomic E-state index is 0.242. The predicted octanol–water partition coefficient (Wildman–Crippen LogP) is 2.18. The van der Waals surface area contributed by atoms with Gasteiger partial charge in [0.05, 0.1) is 0 Å². The monoisotopic (exact) mass is 150 g/mol. The normalized spacial score (nSPS) is 42.0. The lowest BCUT2D eigenvalue weighted by molar-refractivity contribution is -0.111. The summed E-state index contributed by atoms with van der Waals surface area (Å²) in [5, 5.41) is 0. The highest BCUT2D eigenvalue weighted by molar-refractivity contribution is 5.57. The molecule has 0 saturated heterocycles. The van der Waals surface area contributed by atoms with Crippen LogP contribution in [0.1, 0.15) is 25.7 Å². The van der Waals surface area contributed by atoms with Gasteiger partial charge in [-0.15, -0.1) is 0 Å². The molecule has 3 unspecified atom stereocenters. The first-order chi connectivity index (χ1) is 5.40. The predicted molar refractivity (Wildman–Crippen MR) is 44.1 cm³/mol. The molecule has 0 aliphatic heterocycles. The third-order valence-electron chi connectivity index (χ3n) is 3.06. The van der Waals surface area contributed by atoms with Crippen molar-refractivity contribution >= 4 is 6.29 Å². The third kappa shape index (κ3) is 1.24. The minimum atomic E-state index is 0.242. The summed E-state index contributed by atoms with van der Waals surface area (Å²) in [5.41, 5.74) is 0. The molecule has 0 amide bonds. The molecule has 0 heterocycles. The molecule has 2 aliphatic carbocycles. The van der Waals surface area contributed by atoms with Crippen LogP contribution in [0.4, 0.5) is 0 Å². The van der Waals surface area contributed by atoms with E-state index >= 15 is 0 Å². The van der Waals surface area contributed by atoms with Gasteiger partial charge in [-0.2, -0.15) is 0 Å². The summed E-state index contributed by atoms with van der Waals surface area (Å²) in [6.45, 7) is 0. The maximum absolute atomic E-state index is 10.6. The molecule has 0 N–H and O–H groups in total. The molecule has 0 aromatic carbocycles. The number of rotatable bonds is 1. The van der Waals surface area contributed by atoms with Gasteiger partial charge in [0.2, 0.25) is 0 Å². The molecule has 60 valence electrons. The Morgan fingerprint density at radius 3 is 3.00 bits per heavy atom. The molecular weight excluding hydrogens is 136 g/mol. The molecule has 2 aliphatic rings. The van der Waals surface area contributed by atoms with Gasteiger partial charge in [0.25, 0.3) is 0 Å². The number of hydrogen-bond acceptors (Lipinski definition) is 1. The summed E-state index contributed by atoms with van der Waals surface area (Å²) in [7, 11) is 0. The van der Waals surface area contributed by atoms with Crippen LogP contribution >= 0.6 is 0 Å². The van der Waals surface area contributed by atoms with Crippen LogP contribution in [0.3, 0.4) is 0 Å². The van der Waals surface area contributed by atoms with E-state index < -0.39 is 0 Å². The molecule has 3 atom stereocenters. The Labute approximate surface area is 67.5 Å². The molecule has 1 saturated carbocycles. The van der Waals surface area contributed by atoms with Crippen molar-refractivity contribution in [3.8, 4) is 0 Å². The maximum atomic E-state index is 10.6. The van der Waals surface area contributed by atoms with Crippen molar-refractivity contribution in [2.45, 2.75) is 25.7 Å². The Balaban J connectivity index is 2.15. The lowest BCUT2D eigenvalue weighted by Crippen LogP contribution is -2.25. The van der Waals surface area contributed by atoms with E-state index in [0.717, 1.165) is 12.2 Å². The Bertz CT molecular complexity index is 183. The first kappa shape index (κ1) is 7.08. The third-order valence-corrected chi connectivity index (χ3v) is 3.06. The molecule has 0 aromatic rings. The fourth-order valence-corrected chi connectivity index (χ4v) is 2.39. The maximum Gasteiger partial charge on any atom is 0.127 e. The summed E-state index contributed by atoms with van der Waals surface area (Å²) < 4.78 is 0. The van der Waals surface area contributed by atoms with Gasteiger partial charge in [-0.1, -0.05) is 18.6 Å². The van der Waals surface area contributed by atoms with Crippen molar-refractivity contribution in [1.82, 2.24) is 0 Å². The Kier molecular flexibility index (Phi) is 1.80. The summed E-state index contributed by atoms with van der Waals surface area (Å²) in [5.74, 6) is 1.72. The van der Waals surface area contributed by atoms with Crippen LogP contribution in [0.5, 0.6) is 0 Å². The Hall–Kier alpha value is -0.590. The molecule has 0 aromatic heterocycles. The van der Waals surface area contributed by atoms with Crippen LogP contribution in [-0.2, 0) is 4.79 Å². The number of allylic oxidation sites excluding steroid dienone is 2. The largest absolute Gasteiger partial charge is 0.303 e. The molecule has 1 fully saturated rings. The van der Waals surface area contributed by atoms with Crippen LogP contribution in [-0.4, -0.2) is 6.29 Å². The number of carbonyl (C=O) groups is 1. The highest BCUT2D eigenvalue weighted by Gasteiger charge is 2.29. The van der Waals surface area contributed by atoms with E-state index in [1.807, 2.05) is 0 Å². The second-order valence-electron chi connectivity index (χ2n) is 3.79. The number of fused-ring (bicyclic) bond motifs is 2. The molecule has 1 nitrogen and oxygen atoms in total. The second kappa shape index (κ2) is 2.80. The average molecular weight is 150 g/mol. The van der Waals surface area contributed by atoms with E-state index in [9.17, 15) is 4.79 Å². The zero-order valence-electron chi connectivity index (χ0n) is 6.70. The van der Waals surface area contributed by atoms with E-state index in [4.69, 9.17) is 0 Å². The Morgan fingerprint density at radius 2 is 2.18 bits per heavy atom. The van der Waals surface area contributed by atoms with Crippen molar-refractivity contribution < 1.29 is 4.79 Å². The van der Waals surface area contributed by atoms with E-state index in [-0.39, 0.29) is 5.92 Å². The first-order valence-electron chi connectivity index (χ1n) is 4.54. The van der Waals surface area contributed by atoms with Crippen molar-refractivity contribution in [2.75, 3.05) is 0 Å². The van der Waals surface area contributed by atoms with E-state index in [1.54, 1.807) is 0 Å². The van der Waals surface area contributed by atoms with Gasteiger partial charge in [-0.25, -0.2) is 0 Å². The molecule has 0 spiro atoms. The lowest BCUT2D eigenvalue weighted by Gasteiger charge is -2.33. The summed E-state index contributed by atoms with van der Waals surface area (Å²) >= 11 is 0. The van der Waals surface area contributed by atoms with Crippen molar-refractivity contribution in [3.05, 3.63) is 12.2 Å². The average Bonchev–Trinajstić information content (AvgIpc) is 2.06. The lowest BCUT2D eigenvalue weighted by atomic mass is 9.71. The highest BCUT2D eigenvalue weighted by Crippen LogP contribution is 2.38. The van der Waals surface area contributed by atoms with Crippen LogP contribution in [0, 0.1) is 17.8 Å². The van der Waals surface area contributed by atoms with Crippen molar-refractivity contribution in [2.24, 2.45) is 17.8 Å². The Morgan fingerprint density at radius 1 is 1.27 bits per heavy atom. The molecular formula is C10H14O. The van der Waals surface area contributed by atoms with Gasteiger partial charge in [-0.05, 0) is 31.1 Å². The number of carbonyl (C=O) groups excluding carboxylic acids is 1. The number of aldehydes is 1. The SMILES string of the molecule is O=CC1C=CC2CCCC1C2. The van der Waals surface area contributed by atoms with Gasteiger partial charge < -0.3 is 4.79 Å². The van der Waals surface area contributed by atoms with Gasteiger partial charge >= 0.3 is 0 Å². The van der Waals surface area contributed by atoms with Crippen molar-refractivity contribution in [3.63, 3.8) is 0 Å². The van der Waals surface area contributed by atoms with Gasteiger partial charge in [-0.3, -0.25) is 0 Å². The summed E-state index contributed by atoms with van der Waals surface area (Å²) in [4.78, 5) is 10.6. The molecule has 11 heavy (non-hydrogen) atoms. The minimum Gasteiger partial charge on any atom is -0.303 e. The first-order valence-corrected chi connectivity index (χ1v) is 4.54. The number of hydrogen-bond donors (Lipinski definition) is 0. The smallest absolute Gasteiger partial charge is 0.127 e. The zero-order chi connectivity index (χ0) is 7.68. The zero-order valence-corrected chi connectivity index (χ0v) is 6.70. The van der Waals surface area contributed by atoms with E-state index in [0.29, 0.717) is 5.92 Å². The molecule has 2 bridgehead atoms. The van der Waals surface area contributed by atoms with Crippen LogP contribution in [0.2, 0.25) is 0 Å². The fourth-order valence-electron chi connectivity index (χ4n) is 2.39. The molecule has 1 heteroatoms. The second-order valence-corrected chi connectivity index (χ2v) is 3.79. The van der Waals surface area contributed by atoms with Gasteiger partial charge in [0.15, 0.2) is 0 Å². The summed E-state index contributed by atoms with van der Waals surface area (Å²) in [6, 6.07) is 0. The van der Waals surface area contributed by atoms with Crippen LogP contribution < -0.4 is 0 Å². The standard InChI is InChI=1S/C10H14O/c11-7-10-5-4-8-2-1-3-9(10)6-8/h4-5,7-10H,1-3,6H2. The summed E-state index contributed by atoms with van der Waals surface area (Å²) in [6.07, 6.45) is 10.7. The fraction of sp³-hybridized carbons (Fsp3) is 0.700. The van der Waals surface area contributed by atoms with Gasteiger partial charge in [0.1, 0.15) is 6.29 Å². The van der Waals surface area contributed by atoms with Crippen LogP contribution in [0.25, 0.3) is 0 Å². The quantitative estimate of drug-likeness (QED) is 0.413. The van der Waals surface area contributed by atoms with Gasteiger partial charge in [0, 0.05) is 5.92 Å². The van der Waals surface area contributed by atoms with E-state index in [2.05, 4.69) is 12.2 Å². The van der Waals surface area contributed by atoms with E-state index in [1.165, 1.54) is 25.7 Å². The highest BCUT2D eigenvalue weighted by atomic mass is 16.1. The molecule has 0 radical (unpaired) electrons. The topological polar surface area (TPSA) is 17.1 Å².